The largest absolute Gasteiger partial charge is 0.495 e. The van der Waals surface area contributed by atoms with Gasteiger partial charge in [0, 0.05) is 29.3 Å². The normalized spacial score (nSPS) is 15.3. The quantitative estimate of drug-likeness (QED) is 0.191. The maximum Gasteiger partial charge on any atom is 0.275 e. The number of nitro groups is 1. The molecular formula is C31H39N5O4. The molecule has 0 saturated carbocycles. The highest BCUT2D eigenvalue weighted by Crippen LogP contribution is 2.46. The Hall–Kier alpha value is -3.82. The van der Waals surface area contributed by atoms with Crippen LogP contribution in [0.3, 0.4) is 0 Å². The number of ether oxygens (including phenoxy) is 1. The van der Waals surface area contributed by atoms with Gasteiger partial charge in [0.2, 0.25) is 5.95 Å². The predicted octanol–water partition coefficient (Wildman–Crippen LogP) is 6.27. The van der Waals surface area contributed by atoms with Crippen LogP contribution in [-0.2, 0) is 0 Å². The van der Waals surface area contributed by atoms with Gasteiger partial charge >= 0.3 is 0 Å². The second-order valence-electron chi connectivity index (χ2n) is 10.4. The fraction of sp³-hybridized carbons (Fsp3) is 0.419. The molecule has 9 nitrogen and oxygen atoms in total. The Kier molecular flexibility index (Phi) is 9.50. The first-order chi connectivity index (χ1) is 19.3. The third kappa shape index (κ3) is 6.00. The van der Waals surface area contributed by atoms with E-state index in [-0.39, 0.29) is 35.0 Å². The lowest BCUT2D eigenvalue weighted by atomic mass is 9.90. The van der Waals surface area contributed by atoms with Gasteiger partial charge in [0.1, 0.15) is 5.75 Å². The Morgan fingerprint density at radius 2 is 1.98 bits per heavy atom. The molecule has 0 amide bonds. The minimum atomic E-state index is -0.329. The minimum Gasteiger partial charge on any atom is -0.495 e. The molecule has 2 aromatic carbocycles. The summed E-state index contributed by atoms with van der Waals surface area (Å²) in [7, 11) is 5.61. The molecule has 1 aromatic heterocycles. The molecule has 0 bridgehead atoms. The highest BCUT2D eigenvalue weighted by molar-refractivity contribution is 5.87. The number of fused-ring (bicyclic) bond motifs is 1. The molecular weight excluding hydrogens is 506 g/mol. The molecule has 4 rings (SSSR count). The van der Waals surface area contributed by atoms with Crippen LogP contribution >= 0.6 is 0 Å². The molecule has 40 heavy (non-hydrogen) atoms. The van der Waals surface area contributed by atoms with E-state index in [4.69, 9.17) is 9.72 Å². The Balaban J connectivity index is 1.71. The monoisotopic (exact) mass is 545 g/mol. The van der Waals surface area contributed by atoms with E-state index in [9.17, 15) is 15.2 Å². The molecule has 3 aromatic rings. The average Bonchev–Trinajstić information content (AvgIpc) is 3.28. The molecule has 1 aliphatic rings. The Labute approximate surface area is 236 Å². The van der Waals surface area contributed by atoms with E-state index in [2.05, 4.69) is 41.2 Å². The summed E-state index contributed by atoms with van der Waals surface area (Å²) in [5, 5.41) is 25.6. The number of nitrogens with one attached hydrogen (secondary N) is 1. The van der Waals surface area contributed by atoms with Crippen molar-refractivity contribution < 1.29 is 14.8 Å². The molecule has 1 aliphatic carbocycles. The van der Waals surface area contributed by atoms with Gasteiger partial charge in [0.25, 0.3) is 5.69 Å². The lowest BCUT2D eigenvalue weighted by Crippen LogP contribution is -2.14. The number of aliphatic hydroxyl groups is 1. The second-order valence-corrected chi connectivity index (χ2v) is 10.4. The van der Waals surface area contributed by atoms with Gasteiger partial charge in [0.05, 0.1) is 30.0 Å². The summed E-state index contributed by atoms with van der Waals surface area (Å²) < 4.78 is 5.68. The van der Waals surface area contributed by atoms with Gasteiger partial charge in [-0.1, -0.05) is 38.1 Å². The molecule has 0 fully saturated rings. The molecule has 212 valence electrons. The van der Waals surface area contributed by atoms with Crippen LogP contribution in [-0.4, -0.2) is 59.3 Å². The number of hydrogen-bond acceptors (Lipinski definition) is 8. The van der Waals surface area contributed by atoms with Crippen LogP contribution in [0.4, 0.5) is 17.3 Å². The van der Waals surface area contributed by atoms with Crippen LogP contribution in [0.25, 0.3) is 5.57 Å². The highest BCUT2D eigenvalue weighted by Gasteiger charge is 2.31. The fourth-order valence-electron chi connectivity index (χ4n) is 5.77. The zero-order chi connectivity index (χ0) is 28.8. The van der Waals surface area contributed by atoms with E-state index in [0.29, 0.717) is 22.7 Å². The summed E-state index contributed by atoms with van der Waals surface area (Å²) in [6, 6.07) is 13.3. The van der Waals surface area contributed by atoms with Gasteiger partial charge in [-0.15, -0.1) is 0 Å². The number of nitrogens with zero attached hydrogens (tertiary/aromatic N) is 4. The van der Waals surface area contributed by atoms with Crippen molar-refractivity contribution in [2.24, 2.45) is 0 Å². The molecule has 0 saturated heterocycles. The maximum atomic E-state index is 12.2. The lowest BCUT2D eigenvalue weighted by Gasteiger charge is -2.19. The zero-order valence-electron chi connectivity index (χ0n) is 24.0. The van der Waals surface area contributed by atoms with Crippen molar-refractivity contribution in [3.8, 4) is 5.75 Å². The maximum absolute atomic E-state index is 12.2. The molecule has 2 unspecified atom stereocenters. The first-order valence-electron chi connectivity index (χ1n) is 13.9. The number of rotatable bonds is 13. The Bertz CT molecular complexity index is 1390. The summed E-state index contributed by atoms with van der Waals surface area (Å²) in [4.78, 5) is 23.1. The smallest absolute Gasteiger partial charge is 0.275 e. The molecule has 0 spiro atoms. The van der Waals surface area contributed by atoms with Gasteiger partial charge in [-0.05, 0) is 81.1 Å². The molecule has 1 heterocycles. The van der Waals surface area contributed by atoms with Gasteiger partial charge in [-0.2, -0.15) is 0 Å². The zero-order valence-corrected chi connectivity index (χ0v) is 24.0. The molecule has 9 heteroatoms. The summed E-state index contributed by atoms with van der Waals surface area (Å²) in [5.41, 5.74) is 5.92. The SMILES string of the molecule is CCC(CCCN(C)C)c1cc(OC)c(Nc2nccc(C3=C(CO)C(CC)c4ccccc43)n2)cc1[N+](=O)[O-]. The lowest BCUT2D eigenvalue weighted by molar-refractivity contribution is -0.385. The van der Waals surface area contributed by atoms with Crippen LogP contribution in [0.2, 0.25) is 0 Å². The number of hydrogen-bond donors (Lipinski definition) is 2. The van der Waals surface area contributed by atoms with Crippen LogP contribution < -0.4 is 10.1 Å². The predicted molar refractivity (Wildman–Crippen MR) is 158 cm³/mol. The third-order valence-corrected chi connectivity index (χ3v) is 7.72. The Morgan fingerprint density at radius 3 is 2.62 bits per heavy atom. The van der Waals surface area contributed by atoms with Crippen LogP contribution in [0.5, 0.6) is 5.75 Å². The minimum absolute atomic E-state index is 0.0423. The second kappa shape index (κ2) is 13.0. The van der Waals surface area contributed by atoms with Crippen LogP contribution in [0, 0.1) is 10.1 Å². The summed E-state index contributed by atoms with van der Waals surface area (Å²) in [5.74, 6) is 0.953. The highest BCUT2D eigenvalue weighted by atomic mass is 16.6. The molecule has 0 radical (unpaired) electrons. The van der Waals surface area contributed by atoms with Crippen LogP contribution in [0.15, 0.2) is 54.2 Å². The number of aliphatic hydroxyl groups excluding tert-OH is 1. The van der Waals surface area contributed by atoms with E-state index in [1.807, 2.05) is 32.3 Å². The standard InChI is InChI=1S/C31H39N5O4/c1-6-20(11-10-16-35(3)4)24-17-29(40-5)27(18-28(24)36(38)39)34-31-32-15-14-26(33-31)30-23-13-9-8-12-22(23)21(7-2)25(30)19-37/h8-9,12-15,17-18,20-21,37H,6-7,10-11,16,19H2,1-5H3,(H,32,33,34). The van der Waals surface area contributed by atoms with Gasteiger partial charge in [-0.3, -0.25) is 10.1 Å². The number of methoxy groups -OCH3 is 1. The van der Waals surface area contributed by atoms with Crippen molar-refractivity contribution in [1.29, 1.82) is 0 Å². The van der Waals surface area contributed by atoms with Crippen LogP contribution in [0.1, 0.15) is 73.8 Å². The molecule has 0 aliphatic heterocycles. The molecule has 2 N–H and O–H groups in total. The van der Waals surface area contributed by atoms with Gasteiger partial charge < -0.3 is 20.1 Å². The van der Waals surface area contributed by atoms with Crippen molar-refractivity contribution >= 4 is 22.9 Å². The first-order valence-corrected chi connectivity index (χ1v) is 13.9. The van der Waals surface area contributed by atoms with Crippen molar-refractivity contribution in [2.75, 3.05) is 39.7 Å². The summed E-state index contributed by atoms with van der Waals surface area (Å²) in [6.07, 6.45) is 5.10. The van der Waals surface area contributed by atoms with Crippen molar-refractivity contribution in [3.63, 3.8) is 0 Å². The number of nitro benzene ring substituents is 1. The van der Waals surface area contributed by atoms with E-state index >= 15 is 0 Å². The fourth-order valence-corrected chi connectivity index (χ4v) is 5.77. The topological polar surface area (TPSA) is 114 Å². The average molecular weight is 546 g/mol. The van der Waals surface area contributed by atoms with E-state index < -0.39 is 0 Å². The number of anilines is 2. The van der Waals surface area contributed by atoms with Gasteiger partial charge in [-0.25, -0.2) is 9.97 Å². The van der Waals surface area contributed by atoms with E-state index in [1.165, 1.54) is 11.6 Å². The van der Waals surface area contributed by atoms with Crippen molar-refractivity contribution in [1.82, 2.24) is 14.9 Å². The third-order valence-electron chi connectivity index (χ3n) is 7.72. The number of benzene rings is 2. The number of aromatic nitrogens is 2. The molecule has 2 atom stereocenters. The van der Waals surface area contributed by atoms with Crippen molar-refractivity contribution in [2.45, 2.75) is 51.4 Å². The van der Waals surface area contributed by atoms with Gasteiger partial charge in [0.15, 0.2) is 0 Å². The Morgan fingerprint density at radius 1 is 1.20 bits per heavy atom. The first kappa shape index (κ1) is 29.2. The summed E-state index contributed by atoms with van der Waals surface area (Å²) in [6.45, 7) is 5.03. The van der Waals surface area contributed by atoms with E-state index in [0.717, 1.165) is 48.9 Å². The summed E-state index contributed by atoms with van der Waals surface area (Å²) >= 11 is 0. The van der Waals surface area contributed by atoms with Crippen molar-refractivity contribution in [3.05, 3.63) is 86.7 Å². The van der Waals surface area contributed by atoms with E-state index in [1.54, 1.807) is 19.4 Å².